The van der Waals surface area contributed by atoms with Gasteiger partial charge in [0.2, 0.25) is 0 Å². The fourth-order valence-electron chi connectivity index (χ4n) is 3.73. The standard InChI is InChI=1S/C19H19ClN2/c1-11-4-3-5-12(2)17(11)19-18-14(8-9-21-19)15-10-13(20)6-7-16(15)22-18/h3-7,10,19,21-22H,8-9H2,1-2H3. The van der Waals surface area contributed by atoms with Crippen LogP contribution in [0.1, 0.15) is 34.0 Å². The topological polar surface area (TPSA) is 27.8 Å². The molecule has 112 valence electrons. The second-order valence-electron chi connectivity index (χ2n) is 6.15. The van der Waals surface area contributed by atoms with Crippen molar-refractivity contribution >= 4 is 22.5 Å². The number of hydrogen-bond acceptors (Lipinski definition) is 1. The molecule has 1 aliphatic rings. The molecule has 0 fully saturated rings. The third-order valence-corrected chi connectivity index (χ3v) is 4.98. The second-order valence-corrected chi connectivity index (χ2v) is 6.59. The zero-order chi connectivity index (χ0) is 15.3. The highest BCUT2D eigenvalue weighted by atomic mass is 35.5. The fraction of sp³-hybridized carbons (Fsp3) is 0.263. The Kier molecular flexibility index (Phi) is 3.24. The molecule has 0 spiro atoms. The van der Waals surface area contributed by atoms with Crippen LogP contribution in [0.4, 0.5) is 0 Å². The van der Waals surface area contributed by atoms with Crippen LogP contribution in [-0.4, -0.2) is 11.5 Å². The van der Waals surface area contributed by atoms with Crippen molar-refractivity contribution in [2.75, 3.05) is 6.54 Å². The average molecular weight is 311 g/mol. The highest BCUT2D eigenvalue weighted by Gasteiger charge is 2.27. The van der Waals surface area contributed by atoms with E-state index in [9.17, 15) is 0 Å². The van der Waals surface area contributed by atoms with Crippen molar-refractivity contribution in [3.8, 4) is 0 Å². The van der Waals surface area contributed by atoms with Gasteiger partial charge in [0.1, 0.15) is 0 Å². The lowest BCUT2D eigenvalue weighted by Gasteiger charge is -2.27. The second kappa shape index (κ2) is 5.15. The van der Waals surface area contributed by atoms with Crippen molar-refractivity contribution < 1.29 is 0 Å². The van der Waals surface area contributed by atoms with Crippen molar-refractivity contribution in [3.63, 3.8) is 0 Å². The Balaban J connectivity index is 1.95. The first kappa shape index (κ1) is 13.9. The first-order valence-corrected chi connectivity index (χ1v) is 8.12. The Hall–Kier alpha value is -1.77. The molecule has 0 saturated heterocycles. The molecule has 2 aromatic carbocycles. The number of benzene rings is 2. The highest BCUT2D eigenvalue weighted by molar-refractivity contribution is 6.31. The largest absolute Gasteiger partial charge is 0.357 e. The molecule has 0 amide bonds. The molecule has 0 aliphatic carbocycles. The molecule has 3 heteroatoms. The van der Waals surface area contributed by atoms with E-state index in [2.05, 4.69) is 54.5 Å². The van der Waals surface area contributed by atoms with E-state index in [1.807, 2.05) is 6.07 Å². The molecule has 2 N–H and O–H groups in total. The van der Waals surface area contributed by atoms with Crippen LogP contribution in [0.2, 0.25) is 5.02 Å². The van der Waals surface area contributed by atoms with Gasteiger partial charge in [0.25, 0.3) is 0 Å². The van der Waals surface area contributed by atoms with Gasteiger partial charge in [-0.05, 0) is 60.7 Å². The number of H-pyrrole nitrogens is 1. The van der Waals surface area contributed by atoms with Gasteiger partial charge < -0.3 is 10.3 Å². The highest BCUT2D eigenvalue weighted by Crippen LogP contribution is 2.36. The molecule has 2 heterocycles. The number of halogens is 1. The van der Waals surface area contributed by atoms with Crippen molar-refractivity contribution in [1.29, 1.82) is 0 Å². The van der Waals surface area contributed by atoms with Gasteiger partial charge in [-0.2, -0.15) is 0 Å². The summed E-state index contributed by atoms with van der Waals surface area (Å²) in [5, 5.41) is 5.75. The third kappa shape index (κ3) is 2.06. The monoisotopic (exact) mass is 310 g/mol. The van der Waals surface area contributed by atoms with Gasteiger partial charge in [-0.15, -0.1) is 0 Å². The van der Waals surface area contributed by atoms with Crippen molar-refractivity contribution in [2.45, 2.75) is 26.3 Å². The number of nitrogens with one attached hydrogen (secondary N) is 2. The van der Waals surface area contributed by atoms with Crippen molar-refractivity contribution in [1.82, 2.24) is 10.3 Å². The zero-order valence-electron chi connectivity index (χ0n) is 12.8. The summed E-state index contributed by atoms with van der Waals surface area (Å²) in [5.41, 5.74) is 7.93. The van der Waals surface area contributed by atoms with E-state index in [0.717, 1.165) is 18.0 Å². The molecular formula is C19H19ClN2. The van der Waals surface area contributed by atoms with E-state index in [1.165, 1.54) is 38.9 Å². The Labute approximate surface area is 135 Å². The molecule has 1 unspecified atom stereocenters. The quantitative estimate of drug-likeness (QED) is 0.671. The maximum Gasteiger partial charge on any atom is 0.0737 e. The van der Waals surface area contributed by atoms with Gasteiger partial charge in [-0.1, -0.05) is 29.8 Å². The molecule has 1 aliphatic heterocycles. The summed E-state index contributed by atoms with van der Waals surface area (Å²) in [7, 11) is 0. The van der Waals surface area contributed by atoms with Crippen LogP contribution in [0.3, 0.4) is 0 Å². The number of aryl methyl sites for hydroxylation is 2. The number of hydrogen-bond donors (Lipinski definition) is 2. The summed E-state index contributed by atoms with van der Waals surface area (Å²) in [6, 6.07) is 12.9. The number of rotatable bonds is 1. The molecule has 0 saturated carbocycles. The van der Waals surface area contributed by atoms with Crippen LogP contribution in [0, 0.1) is 13.8 Å². The molecule has 0 radical (unpaired) electrons. The number of aromatic amines is 1. The van der Waals surface area contributed by atoms with Gasteiger partial charge in [-0.3, -0.25) is 0 Å². The van der Waals surface area contributed by atoms with Crippen LogP contribution in [0.25, 0.3) is 10.9 Å². The van der Waals surface area contributed by atoms with E-state index in [1.54, 1.807) is 0 Å². The SMILES string of the molecule is Cc1cccc(C)c1C1NCCc2c1[nH]c1ccc(Cl)cc21. The van der Waals surface area contributed by atoms with Crippen LogP contribution in [-0.2, 0) is 6.42 Å². The van der Waals surface area contributed by atoms with Crippen LogP contribution in [0.15, 0.2) is 36.4 Å². The van der Waals surface area contributed by atoms with E-state index < -0.39 is 0 Å². The van der Waals surface area contributed by atoms with E-state index in [-0.39, 0.29) is 6.04 Å². The minimum Gasteiger partial charge on any atom is -0.357 e. The predicted molar refractivity (Wildman–Crippen MR) is 92.8 cm³/mol. The molecule has 3 aromatic rings. The number of aromatic nitrogens is 1. The summed E-state index contributed by atoms with van der Waals surface area (Å²) in [4.78, 5) is 3.63. The van der Waals surface area contributed by atoms with Crippen LogP contribution < -0.4 is 5.32 Å². The normalized spacial score (nSPS) is 17.7. The van der Waals surface area contributed by atoms with Crippen LogP contribution in [0.5, 0.6) is 0 Å². The Morgan fingerprint density at radius 1 is 1.09 bits per heavy atom. The maximum absolute atomic E-state index is 6.19. The molecular weight excluding hydrogens is 292 g/mol. The zero-order valence-corrected chi connectivity index (χ0v) is 13.6. The molecule has 22 heavy (non-hydrogen) atoms. The lowest BCUT2D eigenvalue weighted by atomic mass is 9.89. The lowest BCUT2D eigenvalue weighted by molar-refractivity contribution is 0.556. The van der Waals surface area contributed by atoms with E-state index in [4.69, 9.17) is 11.6 Å². The minimum atomic E-state index is 0.233. The summed E-state index contributed by atoms with van der Waals surface area (Å²) in [6.07, 6.45) is 1.04. The first-order chi connectivity index (χ1) is 10.6. The number of fused-ring (bicyclic) bond motifs is 3. The van der Waals surface area contributed by atoms with Crippen molar-refractivity contribution in [2.24, 2.45) is 0 Å². The Bertz CT molecular complexity index is 843. The summed E-state index contributed by atoms with van der Waals surface area (Å²) in [6.45, 7) is 5.38. The summed E-state index contributed by atoms with van der Waals surface area (Å²) >= 11 is 6.19. The Morgan fingerprint density at radius 2 is 1.86 bits per heavy atom. The summed E-state index contributed by atoms with van der Waals surface area (Å²) in [5.74, 6) is 0. The summed E-state index contributed by atoms with van der Waals surface area (Å²) < 4.78 is 0. The van der Waals surface area contributed by atoms with Gasteiger partial charge >= 0.3 is 0 Å². The molecule has 1 atom stereocenters. The van der Waals surface area contributed by atoms with Gasteiger partial charge in [0, 0.05) is 28.2 Å². The minimum absolute atomic E-state index is 0.233. The van der Waals surface area contributed by atoms with Crippen LogP contribution >= 0.6 is 11.6 Å². The predicted octanol–water partition coefficient (Wildman–Crippen LogP) is 4.67. The van der Waals surface area contributed by atoms with E-state index in [0.29, 0.717) is 0 Å². The lowest BCUT2D eigenvalue weighted by Crippen LogP contribution is -2.31. The smallest absolute Gasteiger partial charge is 0.0737 e. The first-order valence-electron chi connectivity index (χ1n) is 7.74. The van der Waals surface area contributed by atoms with Crippen molar-refractivity contribution in [3.05, 3.63) is 69.4 Å². The van der Waals surface area contributed by atoms with E-state index >= 15 is 0 Å². The molecule has 1 aromatic heterocycles. The third-order valence-electron chi connectivity index (χ3n) is 4.74. The molecule has 4 rings (SSSR count). The fourth-order valence-corrected chi connectivity index (χ4v) is 3.90. The van der Waals surface area contributed by atoms with Gasteiger partial charge in [-0.25, -0.2) is 0 Å². The van der Waals surface area contributed by atoms with Gasteiger partial charge in [0.15, 0.2) is 0 Å². The van der Waals surface area contributed by atoms with Gasteiger partial charge in [0.05, 0.1) is 6.04 Å². The Morgan fingerprint density at radius 3 is 2.64 bits per heavy atom. The maximum atomic E-state index is 6.19. The molecule has 2 nitrogen and oxygen atoms in total. The average Bonchev–Trinajstić information content (AvgIpc) is 2.86. The molecule has 0 bridgehead atoms.